The molecule has 0 atom stereocenters. The van der Waals surface area contributed by atoms with E-state index in [1.165, 1.54) is 0 Å². The van der Waals surface area contributed by atoms with Gasteiger partial charge in [0, 0.05) is 5.56 Å². The van der Waals surface area contributed by atoms with Crippen LogP contribution in [0, 0.1) is 17.1 Å². The second-order valence-electron chi connectivity index (χ2n) is 6.06. The zero-order valence-electron chi connectivity index (χ0n) is 15.8. The molecule has 0 saturated heterocycles. The van der Waals surface area contributed by atoms with E-state index in [4.69, 9.17) is 4.74 Å². The molecular formula is C20H13F4N5O2. The summed E-state index contributed by atoms with van der Waals surface area (Å²) in [4.78, 5) is 18.6. The van der Waals surface area contributed by atoms with Crippen LogP contribution < -0.4 is 15.7 Å². The lowest BCUT2D eigenvalue weighted by atomic mass is 10.1. The molecule has 0 fully saturated rings. The Labute approximate surface area is 172 Å². The molecule has 3 aromatic rings. The summed E-state index contributed by atoms with van der Waals surface area (Å²) in [6, 6.07) is 11.2. The molecule has 11 heteroatoms. The highest BCUT2D eigenvalue weighted by Gasteiger charge is 2.32. The van der Waals surface area contributed by atoms with Gasteiger partial charge in [0.2, 0.25) is 5.95 Å². The lowest BCUT2D eigenvalue weighted by molar-refractivity contribution is -0.137. The number of halogens is 4. The predicted octanol–water partition coefficient (Wildman–Crippen LogP) is 3.92. The Kier molecular flexibility index (Phi) is 6.01. The standard InChI is InChI=1S/C20H13F4N5O2/c1-31-16-8-12(20(22,23)24)7-15(21)14(16)10-26-29-19-27-17(11-5-3-2-4-6-11)13(9-25)18(30)28-19/h2-8,10H,1H3,(H2,27,28,29,30). The van der Waals surface area contributed by atoms with Crippen molar-refractivity contribution < 1.29 is 22.3 Å². The molecule has 0 aliphatic rings. The van der Waals surface area contributed by atoms with Gasteiger partial charge in [0.25, 0.3) is 5.56 Å². The number of nitrogens with zero attached hydrogens (tertiary/aromatic N) is 3. The van der Waals surface area contributed by atoms with Gasteiger partial charge in [0.15, 0.2) is 0 Å². The molecule has 7 nitrogen and oxygen atoms in total. The quantitative estimate of drug-likeness (QED) is 0.362. The largest absolute Gasteiger partial charge is 0.496 e. The Morgan fingerprint density at radius 2 is 1.97 bits per heavy atom. The zero-order valence-corrected chi connectivity index (χ0v) is 15.8. The molecule has 1 aromatic heterocycles. The minimum absolute atomic E-state index is 0.0999. The first kappa shape index (κ1) is 21.5. The van der Waals surface area contributed by atoms with Crippen LogP contribution in [0.2, 0.25) is 0 Å². The molecule has 2 aromatic carbocycles. The molecule has 1 heterocycles. The molecule has 158 valence electrons. The Hall–Kier alpha value is -4.20. The molecule has 0 radical (unpaired) electrons. The number of hydrazone groups is 1. The van der Waals surface area contributed by atoms with Crippen molar-refractivity contribution in [1.82, 2.24) is 9.97 Å². The van der Waals surface area contributed by atoms with Crippen LogP contribution in [0.5, 0.6) is 5.75 Å². The number of benzene rings is 2. The average Bonchev–Trinajstić information content (AvgIpc) is 2.74. The van der Waals surface area contributed by atoms with E-state index in [2.05, 4.69) is 20.5 Å². The number of rotatable bonds is 5. The maximum absolute atomic E-state index is 14.2. The molecule has 3 rings (SSSR count). The van der Waals surface area contributed by atoms with Crippen molar-refractivity contribution in [1.29, 1.82) is 5.26 Å². The van der Waals surface area contributed by atoms with Crippen molar-refractivity contribution in [3.8, 4) is 23.1 Å². The number of nitrogens with one attached hydrogen (secondary N) is 2. The Morgan fingerprint density at radius 1 is 1.26 bits per heavy atom. The molecule has 0 aliphatic carbocycles. The number of hydrogen-bond acceptors (Lipinski definition) is 6. The van der Waals surface area contributed by atoms with Crippen LogP contribution in [-0.4, -0.2) is 23.3 Å². The number of anilines is 1. The summed E-state index contributed by atoms with van der Waals surface area (Å²) >= 11 is 0. The molecule has 0 saturated carbocycles. The van der Waals surface area contributed by atoms with Crippen LogP contribution in [0.1, 0.15) is 16.7 Å². The van der Waals surface area contributed by atoms with E-state index < -0.39 is 23.1 Å². The van der Waals surface area contributed by atoms with Gasteiger partial charge in [-0.25, -0.2) is 14.8 Å². The Balaban J connectivity index is 1.94. The fourth-order valence-electron chi connectivity index (χ4n) is 2.64. The summed E-state index contributed by atoms with van der Waals surface area (Å²) in [5.41, 5.74) is 0.478. The molecule has 0 bridgehead atoms. The van der Waals surface area contributed by atoms with Crippen LogP contribution in [0.4, 0.5) is 23.5 Å². The van der Waals surface area contributed by atoms with Gasteiger partial charge >= 0.3 is 6.18 Å². The van der Waals surface area contributed by atoms with E-state index in [0.717, 1.165) is 13.3 Å². The second kappa shape index (κ2) is 8.66. The lowest BCUT2D eigenvalue weighted by Crippen LogP contribution is -2.16. The van der Waals surface area contributed by atoms with Gasteiger partial charge in [-0.1, -0.05) is 30.3 Å². The van der Waals surface area contributed by atoms with E-state index >= 15 is 0 Å². The van der Waals surface area contributed by atoms with E-state index in [9.17, 15) is 27.6 Å². The number of methoxy groups -OCH3 is 1. The summed E-state index contributed by atoms with van der Waals surface area (Å²) in [5.74, 6) is -1.75. The minimum atomic E-state index is -4.75. The van der Waals surface area contributed by atoms with Gasteiger partial charge in [-0.2, -0.15) is 23.5 Å². The number of H-pyrrole nitrogens is 1. The third-order valence-corrected chi connectivity index (χ3v) is 4.08. The second-order valence-corrected chi connectivity index (χ2v) is 6.06. The van der Waals surface area contributed by atoms with Crippen LogP contribution in [0.25, 0.3) is 11.3 Å². The first-order chi connectivity index (χ1) is 14.7. The maximum atomic E-state index is 14.2. The smallest absolute Gasteiger partial charge is 0.416 e. The monoisotopic (exact) mass is 431 g/mol. The highest BCUT2D eigenvalue weighted by Crippen LogP contribution is 2.34. The third-order valence-electron chi connectivity index (χ3n) is 4.08. The number of aromatic amines is 1. The molecule has 0 aliphatic heterocycles. The van der Waals surface area contributed by atoms with Crippen molar-refractivity contribution in [2.24, 2.45) is 5.10 Å². The van der Waals surface area contributed by atoms with Gasteiger partial charge < -0.3 is 4.74 Å². The lowest BCUT2D eigenvalue weighted by Gasteiger charge is -2.11. The number of hydrogen-bond donors (Lipinski definition) is 2. The third kappa shape index (κ3) is 4.69. The van der Waals surface area contributed by atoms with Crippen LogP contribution in [0.3, 0.4) is 0 Å². The summed E-state index contributed by atoms with van der Waals surface area (Å²) in [5, 5.41) is 13.0. The first-order valence-corrected chi connectivity index (χ1v) is 8.58. The van der Waals surface area contributed by atoms with Crippen molar-refractivity contribution in [2.75, 3.05) is 12.5 Å². The fourth-order valence-corrected chi connectivity index (χ4v) is 2.64. The predicted molar refractivity (Wildman–Crippen MR) is 104 cm³/mol. The molecular weight excluding hydrogens is 418 g/mol. The van der Waals surface area contributed by atoms with E-state index in [0.29, 0.717) is 17.7 Å². The number of alkyl halides is 3. The van der Waals surface area contributed by atoms with Gasteiger partial charge in [0.1, 0.15) is 23.2 Å². The van der Waals surface area contributed by atoms with Gasteiger partial charge in [-0.05, 0) is 12.1 Å². The maximum Gasteiger partial charge on any atom is 0.416 e. The summed E-state index contributed by atoms with van der Waals surface area (Å²) < 4.78 is 57.5. The topological polar surface area (TPSA) is 103 Å². The van der Waals surface area contributed by atoms with Crippen molar-refractivity contribution in [3.63, 3.8) is 0 Å². The average molecular weight is 431 g/mol. The number of aromatic nitrogens is 2. The van der Waals surface area contributed by atoms with Crippen molar-refractivity contribution in [3.05, 3.63) is 75.3 Å². The fraction of sp³-hybridized carbons (Fsp3) is 0.100. The summed E-state index contributed by atoms with van der Waals surface area (Å²) in [7, 11) is 1.09. The van der Waals surface area contributed by atoms with Crippen LogP contribution in [0.15, 0.2) is 52.4 Å². The molecule has 0 spiro atoms. The molecule has 0 amide bonds. The summed E-state index contributed by atoms with van der Waals surface area (Å²) in [6.07, 6.45) is -3.86. The highest BCUT2D eigenvalue weighted by molar-refractivity contribution is 5.84. The molecule has 31 heavy (non-hydrogen) atoms. The van der Waals surface area contributed by atoms with Gasteiger partial charge in [-0.3, -0.25) is 9.78 Å². The zero-order chi connectivity index (χ0) is 22.6. The van der Waals surface area contributed by atoms with Crippen molar-refractivity contribution in [2.45, 2.75) is 6.18 Å². The van der Waals surface area contributed by atoms with Gasteiger partial charge in [-0.15, -0.1) is 0 Å². The normalized spacial score (nSPS) is 11.4. The van der Waals surface area contributed by atoms with E-state index in [-0.39, 0.29) is 28.5 Å². The Bertz CT molecular complexity index is 1230. The van der Waals surface area contributed by atoms with Crippen molar-refractivity contribution >= 4 is 12.2 Å². The first-order valence-electron chi connectivity index (χ1n) is 8.58. The van der Waals surface area contributed by atoms with Crippen LogP contribution >= 0.6 is 0 Å². The van der Waals surface area contributed by atoms with Gasteiger partial charge in [0.05, 0.1) is 30.1 Å². The van der Waals surface area contributed by atoms with E-state index in [1.807, 2.05) is 0 Å². The molecule has 0 unspecified atom stereocenters. The number of ether oxygens (including phenoxy) is 1. The molecule has 2 N–H and O–H groups in total. The van der Waals surface area contributed by atoms with E-state index in [1.54, 1.807) is 36.4 Å². The summed E-state index contributed by atoms with van der Waals surface area (Å²) in [6.45, 7) is 0. The highest BCUT2D eigenvalue weighted by atomic mass is 19.4. The minimum Gasteiger partial charge on any atom is -0.496 e. The Morgan fingerprint density at radius 3 is 2.58 bits per heavy atom. The van der Waals surface area contributed by atoms with Crippen LogP contribution in [-0.2, 0) is 6.18 Å². The number of nitriles is 1. The SMILES string of the molecule is COc1cc(C(F)(F)F)cc(F)c1C=NNc1nc(-c2ccccc2)c(C#N)c(=O)[nH]1.